The van der Waals surface area contributed by atoms with Crippen LogP contribution in [0.5, 0.6) is 5.75 Å². The molecule has 0 heterocycles. The molecule has 6 heteroatoms. The van der Waals surface area contributed by atoms with Crippen LogP contribution in [0.1, 0.15) is 15.9 Å². The number of ketones is 1. The fourth-order valence-electron chi connectivity index (χ4n) is 1.68. The van der Waals surface area contributed by atoms with Crippen LogP contribution < -0.4 is 4.74 Å². The number of hydrogen-bond donors (Lipinski definition) is 0. The SMILES string of the molecule is COc1cc(Cl)c(C(=O)c2ccc(Cl)cc2Cl)cc1Cl. The van der Waals surface area contributed by atoms with E-state index in [-0.39, 0.29) is 21.4 Å². The number of benzene rings is 2. The maximum absolute atomic E-state index is 12.4. The summed E-state index contributed by atoms with van der Waals surface area (Å²) in [6.45, 7) is 0. The van der Waals surface area contributed by atoms with Gasteiger partial charge in [-0.15, -0.1) is 0 Å². The summed E-state index contributed by atoms with van der Waals surface area (Å²) in [7, 11) is 1.47. The molecular weight excluding hydrogens is 342 g/mol. The first-order valence-corrected chi connectivity index (χ1v) is 6.98. The van der Waals surface area contributed by atoms with Gasteiger partial charge in [0.1, 0.15) is 5.75 Å². The molecule has 104 valence electrons. The summed E-state index contributed by atoms with van der Waals surface area (Å²) in [6, 6.07) is 7.56. The number of rotatable bonds is 3. The monoisotopic (exact) mass is 348 g/mol. The zero-order chi connectivity index (χ0) is 14.9. The van der Waals surface area contributed by atoms with E-state index in [1.165, 1.54) is 25.3 Å². The van der Waals surface area contributed by atoms with Crippen LogP contribution in [0.25, 0.3) is 0 Å². The van der Waals surface area contributed by atoms with Crippen LogP contribution in [0, 0.1) is 0 Å². The van der Waals surface area contributed by atoms with Crippen molar-refractivity contribution >= 4 is 52.2 Å². The lowest BCUT2D eigenvalue weighted by Gasteiger charge is -2.09. The Morgan fingerprint density at radius 2 is 1.55 bits per heavy atom. The molecule has 0 bridgehead atoms. The van der Waals surface area contributed by atoms with Crippen LogP contribution in [-0.2, 0) is 0 Å². The van der Waals surface area contributed by atoms with Crippen molar-refractivity contribution < 1.29 is 9.53 Å². The number of carbonyl (C=O) groups excluding carboxylic acids is 1. The minimum Gasteiger partial charge on any atom is -0.495 e. The maximum atomic E-state index is 12.4. The van der Waals surface area contributed by atoms with Crippen molar-refractivity contribution in [3.63, 3.8) is 0 Å². The van der Waals surface area contributed by atoms with E-state index in [1.54, 1.807) is 12.1 Å². The Hall–Kier alpha value is -0.930. The van der Waals surface area contributed by atoms with Gasteiger partial charge < -0.3 is 4.74 Å². The van der Waals surface area contributed by atoms with Crippen molar-refractivity contribution in [1.82, 2.24) is 0 Å². The van der Waals surface area contributed by atoms with Gasteiger partial charge in [-0.3, -0.25) is 4.79 Å². The predicted molar refractivity (Wildman–Crippen MR) is 82.9 cm³/mol. The first kappa shape index (κ1) is 15.5. The highest BCUT2D eigenvalue weighted by Gasteiger charge is 2.18. The Morgan fingerprint density at radius 3 is 2.15 bits per heavy atom. The van der Waals surface area contributed by atoms with Crippen LogP contribution in [0.4, 0.5) is 0 Å². The molecule has 0 saturated heterocycles. The minimum atomic E-state index is -0.332. The Labute approximate surface area is 136 Å². The fraction of sp³-hybridized carbons (Fsp3) is 0.0714. The molecule has 0 saturated carbocycles. The Bertz CT molecular complexity index is 683. The molecule has 0 atom stereocenters. The minimum absolute atomic E-state index is 0.238. The van der Waals surface area contributed by atoms with Gasteiger partial charge in [0.2, 0.25) is 0 Å². The van der Waals surface area contributed by atoms with Gasteiger partial charge in [0.25, 0.3) is 0 Å². The van der Waals surface area contributed by atoms with Crippen LogP contribution in [0.2, 0.25) is 20.1 Å². The van der Waals surface area contributed by atoms with E-state index in [9.17, 15) is 4.79 Å². The highest BCUT2D eigenvalue weighted by molar-refractivity contribution is 6.40. The van der Waals surface area contributed by atoms with Crippen molar-refractivity contribution in [3.05, 3.63) is 61.5 Å². The second-order valence-electron chi connectivity index (χ2n) is 3.92. The first-order chi connectivity index (χ1) is 9.43. The molecule has 0 aliphatic rings. The second-order valence-corrected chi connectivity index (χ2v) is 5.58. The topological polar surface area (TPSA) is 26.3 Å². The van der Waals surface area contributed by atoms with Crippen molar-refractivity contribution in [2.24, 2.45) is 0 Å². The van der Waals surface area contributed by atoms with Gasteiger partial charge in [0, 0.05) is 22.2 Å². The van der Waals surface area contributed by atoms with Crippen molar-refractivity contribution in [3.8, 4) is 5.75 Å². The average molecular weight is 350 g/mol. The van der Waals surface area contributed by atoms with E-state index >= 15 is 0 Å². The summed E-state index contributed by atoms with van der Waals surface area (Å²) in [5.41, 5.74) is 0.556. The summed E-state index contributed by atoms with van der Waals surface area (Å²) in [5, 5.41) is 1.24. The third-order valence-corrected chi connectivity index (χ3v) is 3.82. The van der Waals surface area contributed by atoms with Gasteiger partial charge in [-0.25, -0.2) is 0 Å². The lowest BCUT2D eigenvalue weighted by molar-refractivity contribution is 0.103. The molecule has 0 aromatic heterocycles. The molecular formula is C14H8Cl4O2. The summed E-state index contributed by atoms with van der Waals surface area (Å²) in [5.74, 6) is 0.0663. The summed E-state index contributed by atoms with van der Waals surface area (Å²) in [4.78, 5) is 12.4. The number of hydrogen-bond acceptors (Lipinski definition) is 2. The maximum Gasteiger partial charge on any atom is 0.196 e. The molecule has 0 spiro atoms. The Balaban J connectivity index is 2.51. The van der Waals surface area contributed by atoms with Gasteiger partial charge in [-0.2, -0.15) is 0 Å². The lowest BCUT2D eigenvalue weighted by atomic mass is 10.0. The van der Waals surface area contributed by atoms with E-state index < -0.39 is 0 Å². The normalized spacial score (nSPS) is 10.4. The molecule has 0 amide bonds. The zero-order valence-corrected chi connectivity index (χ0v) is 13.2. The fourth-order valence-corrected chi connectivity index (χ4v) is 2.65. The Morgan fingerprint density at radius 1 is 0.900 bits per heavy atom. The number of ether oxygens (including phenoxy) is 1. The summed E-state index contributed by atoms with van der Waals surface area (Å²) in [6.07, 6.45) is 0. The number of methoxy groups -OCH3 is 1. The van der Waals surface area contributed by atoms with Crippen LogP contribution in [-0.4, -0.2) is 12.9 Å². The quantitative estimate of drug-likeness (QED) is 0.680. The standard InChI is InChI=1S/C14H8Cl4O2/c1-20-13-6-11(17)9(5-12(13)18)14(19)8-3-2-7(15)4-10(8)16/h2-6H,1H3. The first-order valence-electron chi connectivity index (χ1n) is 5.47. The summed E-state index contributed by atoms with van der Waals surface area (Å²) < 4.78 is 5.03. The third kappa shape index (κ3) is 3.04. The van der Waals surface area contributed by atoms with E-state index in [4.69, 9.17) is 51.1 Å². The smallest absolute Gasteiger partial charge is 0.196 e. The van der Waals surface area contributed by atoms with Gasteiger partial charge in [0.05, 0.1) is 22.2 Å². The van der Waals surface area contributed by atoms with Crippen molar-refractivity contribution in [2.45, 2.75) is 0 Å². The Kier molecular flexibility index (Phi) is 4.82. The third-order valence-electron chi connectivity index (χ3n) is 2.66. The van der Waals surface area contributed by atoms with Gasteiger partial charge in [-0.1, -0.05) is 46.4 Å². The van der Waals surface area contributed by atoms with E-state index in [0.717, 1.165) is 0 Å². The molecule has 2 rings (SSSR count). The summed E-state index contributed by atoms with van der Waals surface area (Å²) >= 11 is 23.9. The molecule has 20 heavy (non-hydrogen) atoms. The predicted octanol–water partition coefficient (Wildman–Crippen LogP) is 5.54. The molecule has 0 unspecified atom stereocenters. The van der Waals surface area contributed by atoms with Crippen molar-refractivity contribution in [1.29, 1.82) is 0 Å². The van der Waals surface area contributed by atoms with Crippen LogP contribution >= 0.6 is 46.4 Å². The second kappa shape index (κ2) is 6.23. The van der Waals surface area contributed by atoms with Gasteiger partial charge in [0.15, 0.2) is 5.78 Å². The molecule has 2 nitrogen and oxygen atoms in total. The zero-order valence-electron chi connectivity index (χ0n) is 10.2. The molecule has 0 aliphatic carbocycles. The van der Waals surface area contributed by atoms with Crippen LogP contribution in [0.15, 0.2) is 30.3 Å². The molecule has 2 aromatic carbocycles. The van der Waals surface area contributed by atoms with Crippen molar-refractivity contribution in [2.75, 3.05) is 7.11 Å². The lowest BCUT2D eigenvalue weighted by Crippen LogP contribution is -2.03. The number of carbonyl (C=O) groups is 1. The molecule has 0 fully saturated rings. The number of halogens is 4. The highest BCUT2D eigenvalue weighted by atomic mass is 35.5. The molecule has 0 N–H and O–H groups in total. The molecule has 0 radical (unpaired) electrons. The van der Waals surface area contributed by atoms with Gasteiger partial charge in [-0.05, 0) is 24.3 Å². The van der Waals surface area contributed by atoms with E-state index in [2.05, 4.69) is 0 Å². The van der Waals surface area contributed by atoms with Gasteiger partial charge >= 0.3 is 0 Å². The van der Waals surface area contributed by atoms with E-state index in [1.807, 2.05) is 0 Å². The van der Waals surface area contributed by atoms with Crippen LogP contribution in [0.3, 0.4) is 0 Å². The molecule has 0 aliphatic heterocycles. The largest absolute Gasteiger partial charge is 0.495 e. The average Bonchev–Trinajstić information content (AvgIpc) is 2.40. The van der Waals surface area contributed by atoms with E-state index in [0.29, 0.717) is 21.4 Å². The molecule has 2 aromatic rings. The highest BCUT2D eigenvalue weighted by Crippen LogP contribution is 2.33.